The van der Waals surface area contributed by atoms with Crippen LogP contribution in [0.1, 0.15) is 67.3 Å². The molecule has 3 aromatic rings. The first-order valence-electron chi connectivity index (χ1n) is 14.0. The van der Waals surface area contributed by atoms with Gasteiger partial charge in [0.1, 0.15) is 5.75 Å². The van der Waals surface area contributed by atoms with Gasteiger partial charge in [-0.3, -0.25) is 9.59 Å². The van der Waals surface area contributed by atoms with Gasteiger partial charge in [0.15, 0.2) is 0 Å². The van der Waals surface area contributed by atoms with Crippen molar-refractivity contribution >= 4 is 23.5 Å². The number of ether oxygens (including phenoxy) is 1. The van der Waals surface area contributed by atoms with E-state index in [0.717, 1.165) is 16.9 Å². The van der Waals surface area contributed by atoms with E-state index in [2.05, 4.69) is 20.1 Å². The van der Waals surface area contributed by atoms with E-state index in [4.69, 9.17) is 5.11 Å². The summed E-state index contributed by atoms with van der Waals surface area (Å²) in [7, 11) is 1.34. The molecule has 2 aromatic carbocycles. The zero-order chi connectivity index (χ0) is 34.9. The van der Waals surface area contributed by atoms with E-state index in [0.29, 0.717) is 12.1 Å². The predicted octanol–water partition coefficient (Wildman–Crippen LogP) is 6.66. The lowest BCUT2D eigenvalue weighted by Crippen LogP contribution is -2.47. The first-order chi connectivity index (χ1) is 21.8. The van der Waals surface area contributed by atoms with Crippen LogP contribution in [0.5, 0.6) is 5.75 Å². The summed E-state index contributed by atoms with van der Waals surface area (Å²) in [6.45, 7) is 1.01. The summed E-state index contributed by atoms with van der Waals surface area (Å²) < 4.78 is 126. The quantitative estimate of drug-likeness (QED) is 0.236. The summed E-state index contributed by atoms with van der Waals surface area (Å²) in [4.78, 5) is 27.9. The van der Waals surface area contributed by atoms with Crippen molar-refractivity contribution in [1.29, 1.82) is 0 Å². The molecule has 2 atom stereocenters. The highest BCUT2D eigenvalue weighted by Gasteiger charge is 2.41. The number of carboxylic acid groups (broad SMARTS) is 1. The monoisotopic (exact) mass is 682 g/mol. The maximum atomic E-state index is 13.7. The van der Waals surface area contributed by atoms with Gasteiger partial charge in [-0.05, 0) is 66.4 Å². The number of hydrogen-bond donors (Lipinski definition) is 1. The fraction of sp³-hybridized carbons (Fsp3) is 0.464. The van der Waals surface area contributed by atoms with Crippen molar-refractivity contribution in [2.45, 2.75) is 76.4 Å². The fourth-order valence-corrected chi connectivity index (χ4v) is 5.41. The molecule has 1 aliphatic rings. The van der Waals surface area contributed by atoms with Gasteiger partial charge in [-0.1, -0.05) is 12.0 Å². The SMILES string of the molecule is CC[C@@H]1C[C@H](N(Cc2cc(C(F)(F)F)cc(C(F)(F)F)c2)c2nnn(C)n2)c2cc(OC(F)(F)F)ccc2N1C(=O)CCCC(=O)O. The summed E-state index contributed by atoms with van der Waals surface area (Å²) >= 11 is 0. The van der Waals surface area contributed by atoms with Crippen molar-refractivity contribution in [3.63, 3.8) is 0 Å². The average Bonchev–Trinajstić information content (AvgIpc) is 3.38. The van der Waals surface area contributed by atoms with Crippen LogP contribution in [-0.2, 0) is 35.5 Å². The Kier molecular flexibility index (Phi) is 9.96. The third kappa shape index (κ3) is 8.62. The Labute approximate surface area is 260 Å². The number of alkyl halides is 9. The second kappa shape index (κ2) is 13.3. The van der Waals surface area contributed by atoms with Gasteiger partial charge in [-0.25, -0.2) is 0 Å². The minimum absolute atomic E-state index is 0.00138. The standard InChI is InChI=1S/C28H27F9N6O4/c1-3-18-12-22(20-13-19(47-28(35,36)37)7-8-21(20)43(18)23(44)5-4-6-24(45)46)42(25-38-40-41(2)39-25)14-15-9-16(26(29,30)31)11-17(10-15)27(32,33)34/h7-11,13,18,22H,3-6,12,14H2,1-2H3,(H,45,46)/t18-,22+/m1/s1. The number of rotatable bonds is 10. The molecule has 0 fully saturated rings. The molecule has 256 valence electrons. The van der Waals surface area contributed by atoms with Crippen LogP contribution < -0.4 is 14.5 Å². The van der Waals surface area contributed by atoms with Crippen molar-refractivity contribution in [1.82, 2.24) is 20.2 Å². The number of nitrogens with zero attached hydrogens (tertiary/aromatic N) is 6. The first-order valence-corrected chi connectivity index (χ1v) is 14.0. The zero-order valence-electron chi connectivity index (χ0n) is 24.6. The van der Waals surface area contributed by atoms with Crippen LogP contribution in [0.25, 0.3) is 0 Å². The molecule has 0 saturated carbocycles. The molecule has 1 N–H and O–H groups in total. The maximum Gasteiger partial charge on any atom is 0.573 e. The van der Waals surface area contributed by atoms with E-state index in [-0.39, 0.29) is 55.4 Å². The normalized spacial score (nSPS) is 17.0. The fourth-order valence-electron chi connectivity index (χ4n) is 5.41. The summed E-state index contributed by atoms with van der Waals surface area (Å²) in [5.41, 5.74) is -3.55. The molecule has 0 unspecified atom stereocenters. The van der Waals surface area contributed by atoms with Crippen LogP contribution in [-0.4, -0.2) is 49.6 Å². The van der Waals surface area contributed by atoms with Crippen LogP contribution in [0.15, 0.2) is 36.4 Å². The summed E-state index contributed by atoms with van der Waals surface area (Å²) in [6, 6.07) is 2.27. The van der Waals surface area contributed by atoms with E-state index < -0.39 is 71.7 Å². The number of anilines is 2. The topological polar surface area (TPSA) is 114 Å². The molecule has 0 aliphatic carbocycles. The third-order valence-corrected chi connectivity index (χ3v) is 7.36. The van der Waals surface area contributed by atoms with Gasteiger partial charge < -0.3 is 19.6 Å². The summed E-state index contributed by atoms with van der Waals surface area (Å²) in [5, 5.41) is 20.6. The van der Waals surface area contributed by atoms with Crippen LogP contribution in [0.2, 0.25) is 0 Å². The molecule has 0 spiro atoms. The Morgan fingerprint density at radius 3 is 2.13 bits per heavy atom. The minimum atomic E-state index is -5.15. The molecule has 19 heteroatoms. The lowest BCUT2D eigenvalue weighted by atomic mass is 9.87. The van der Waals surface area contributed by atoms with Crippen LogP contribution in [0, 0.1) is 0 Å². The highest BCUT2D eigenvalue weighted by atomic mass is 19.4. The van der Waals surface area contributed by atoms with Crippen molar-refractivity contribution in [3.8, 4) is 5.75 Å². The molecule has 0 bridgehead atoms. The zero-order valence-corrected chi connectivity index (χ0v) is 24.6. The number of carboxylic acids is 1. The van der Waals surface area contributed by atoms with Gasteiger partial charge in [-0.15, -0.1) is 18.3 Å². The molecule has 1 aromatic heterocycles. The van der Waals surface area contributed by atoms with E-state index in [1.54, 1.807) is 6.92 Å². The van der Waals surface area contributed by atoms with Gasteiger partial charge in [0.05, 0.1) is 24.2 Å². The minimum Gasteiger partial charge on any atom is -0.481 e. The second-order valence-corrected chi connectivity index (χ2v) is 10.7. The number of aryl methyl sites for hydroxylation is 1. The summed E-state index contributed by atoms with van der Waals surface area (Å²) in [6.07, 6.45) is -15.9. The van der Waals surface area contributed by atoms with Crippen molar-refractivity contribution in [2.24, 2.45) is 7.05 Å². The molecule has 10 nitrogen and oxygen atoms in total. The number of aliphatic carboxylic acids is 1. The van der Waals surface area contributed by atoms with E-state index in [1.165, 1.54) is 22.9 Å². The Hall–Kier alpha value is -4.58. The van der Waals surface area contributed by atoms with Crippen molar-refractivity contribution in [2.75, 3.05) is 9.80 Å². The first kappa shape index (κ1) is 35.3. The van der Waals surface area contributed by atoms with E-state index in [1.807, 2.05) is 0 Å². The smallest absolute Gasteiger partial charge is 0.481 e. The largest absolute Gasteiger partial charge is 0.573 e. The second-order valence-electron chi connectivity index (χ2n) is 10.7. The number of carbonyl (C=O) groups is 2. The molecule has 4 rings (SSSR count). The average molecular weight is 683 g/mol. The molecular weight excluding hydrogens is 655 g/mol. The number of halogens is 9. The van der Waals surface area contributed by atoms with Gasteiger partial charge in [0.25, 0.3) is 5.95 Å². The number of hydrogen-bond acceptors (Lipinski definition) is 7. The number of tetrazole rings is 1. The Morgan fingerprint density at radius 2 is 1.62 bits per heavy atom. The number of carbonyl (C=O) groups excluding carboxylic acids is 1. The number of benzene rings is 2. The third-order valence-electron chi connectivity index (χ3n) is 7.36. The Balaban J connectivity index is 1.89. The molecule has 2 heterocycles. The molecule has 1 amide bonds. The predicted molar refractivity (Wildman–Crippen MR) is 145 cm³/mol. The molecule has 0 radical (unpaired) electrons. The Bertz CT molecular complexity index is 1570. The van der Waals surface area contributed by atoms with Crippen LogP contribution in [0.3, 0.4) is 0 Å². The van der Waals surface area contributed by atoms with Gasteiger partial charge in [0.2, 0.25) is 5.91 Å². The van der Waals surface area contributed by atoms with Gasteiger partial charge in [0, 0.05) is 36.7 Å². The molecule has 0 saturated heterocycles. The van der Waals surface area contributed by atoms with E-state index >= 15 is 0 Å². The van der Waals surface area contributed by atoms with E-state index in [9.17, 15) is 49.1 Å². The molecule has 47 heavy (non-hydrogen) atoms. The number of amides is 1. The lowest BCUT2D eigenvalue weighted by Gasteiger charge is -2.44. The number of aromatic nitrogens is 4. The highest BCUT2D eigenvalue weighted by molar-refractivity contribution is 5.96. The molecular formula is C28H27F9N6O4. The van der Waals surface area contributed by atoms with Crippen LogP contribution >= 0.6 is 0 Å². The summed E-state index contributed by atoms with van der Waals surface area (Å²) in [5.74, 6) is -2.67. The highest BCUT2D eigenvalue weighted by Crippen LogP contribution is 2.46. The van der Waals surface area contributed by atoms with Gasteiger partial charge >= 0.3 is 24.7 Å². The molecule has 1 aliphatic heterocycles. The number of fused-ring (bicyclic) bond motifs is 1. The Morgan fingerprint density at radius 1 is 0.979 bits per heavy atom. The van der Waals surface area contributed by atoms with Crippen LogP contribution in [0.4, 0.5) is 51.1 Å². The maximum absolute atomic E-state index is 13.7. The lowest BCUT2D eigenvalue weighted by molar-refractivity contribution is -0.274. The van der Waals surface area contributed by atoms with Crippen molar-refractivity contribution in [3.05, 3.63) is 58.7 Å². The van der Waals surface area contributed by atoms with Crippen molar-refractivity contribution < 1.29 is 58.9 Å². The van der Waals surface area contributed by atoms with Gasteiger partial charge in [-0.2, -0.15) is 31.1 Å².